The molecular formula is C27H27N5O2S. The molecule has 1 amide bonds. The van der Waals surface area contributed by atoms with Crippen LogP contribution in [-0.4, -0.2) is 56.8 Å². The van der Waals surface area contributed by atoms with Gasteiger partial charge in [0.05, 0.1) is 22.7 Å². The van der Waals surface area contributed by atoms with Gasteiger partial charge in [0, 0.05) is 44.3 Å². The van der Waals surface area contributed by atoms with E-state index < -0.39 is 0 Å². The molecule has 1 atom stereocenters. The molecule has 178 valence electrons. The molecule has 3 heterocycles. The van der Waals surface area contributed by atoms with Crippen molar-refractivity contribution in [2.24, 2.45) is 0 Å². The number of carbonyl (C=O) groups is 1. The lowest BCUT2D eigenvalue weighted by Crippen LogP contribution is -2.50. The minimum absolute atomic E-state index is 0.0676. The van der Waals surface area contributed by atoms with Gasteiger partial charge in [-0.05, 0) is 42.8 Å². The zero-order valence-corrected chi connectivity index (χ0v) is 20.4. The first kappa shape index (κ1) is 23.1. The van der Waals surface area contributed by atoms with E-state index in [0.717, 1.165) is 18.7 Å². The summed E-state index contributed by atoms with van der Waals surface area (Å²) in [7, 11) is 0. The molecule has 0 saturated carbocycles. The molecule has 0 radical (unpaired) electrons. The second-order valence-corrected chi connectivity index (χ2v) is 9.88. The number of para-hydroxylation sites is 2. The Balaban J connectivity index is 1.35. The van der Waals surface area contributed by atoms with Crippen molar-refractivity contribution in [1.82, 2.24) is 19.4 Å². The van der Waals surface area contributed by atoms with Crippen LogP contribution >= 0.6 is 11.8 Å². The smallest absolute Gasteiger partial charge is 0.262 e. The van der Waals surface area contributed by atoms with Gasteiger partial charge >= 0.3 is 0 Å². The fourth-order valence-corrected chi connectivity index (χ4v) is 5.33. The molecule has 1 fully saturated rings. The summed E-state index contributed by atoms with van der Waals surface area (Å²) in [6, 6.07) is 21.4. The monoisotopic (exact) mass is 485 g/mol. The van der Waals surface area contributed by atoms with E-state index in [1.807, 2.05) is 60.4 Å². The zero-order chi connectivity index (χ0) is 24.2. The van der Waals surface area contributed by atoms with E-state index in [-0.39, 0.29) is 16.7 Å². The van der Waals surface area contributed by atoms with E-state index >= 15 is 0 Å². The lowest BCUT2D eigenvalue weighted by atomic mass is 10.2. The maximum atomic E-state index is 13.4. The lowest BCUT2D eigenvalue weighted by molar-refractivity contribution is -0.130. The van der Waals surface area contributed by atoms with E-state index in [4.69, 9.17) is 4.98 Å². The Labute approximate surface area is 208 Å². The third-order valence-electron chi connectivity index (χ3n) is 6.23. The van der Waals surface area contributed by atoms with Crippen molar-refractivity contribution in [2.75, 3.05) is 31.1 Å². The van der Waals surface area contributed by atoms with Gasteiger partial charge in [-0.15, -0.1) is 0 Å². The van der Waals surface area contributed by atoms with Crippen molar-refractivity contribution in [3.8, 4) is 0 Å². The summed E-state index contributed by atoms with van der Waals surface area (Å²) in [6.45, 7) is 5.19. The van der Waals surface area contributed by atoms with E-state index in [2.05, 4.69) is 22.0 Å². The number of hydrogen-bond donors (Lipinski definition) is 0. The largest absolute Gasteiger partial charge is 0.368 e. The van der Waals surface area contributed by atoms with Gasteiger partial charge in [-0.3, -0.25) is 19.1 Å². The second kappa shape index (κ2) is 10.3. The quantitative estimate of drug-likeness (QED) is 0.307. The molecule has 1 aliphatic rings. The predicted octanol–water partition coefficient (Wildman–Crippen LogP) is 3.67. The second-order valence-electron chi connectivity index (χ2n) is 8.57. The summed E-state index contributed by atoms with van der Waals surface area (Å²) in [5.41, 5.74) is 2.61. The molecular weight excluding hydrogens is 458 g/mol. The Hall–Kier alpha value is -3.65. The van der Waals surface area contributed by atoms with Crippen LogP contribution in [0.25, 0.3) is 10.9 Å². The highest BCUT2D eigenvalue weighted by Gasteiger charge is 2.27. The molecule has 2 aromatic carbocycles. The van der Waals surface area contributed by atoms with Crippen molar-refractivity contribution >= 4 is 34.3 Å². The average Bonchev–Trinajstić information content (AvgIpc) is 2.91. The van der Waals surface area contributed by atoms with Crippen LogP contribution in [0.3, 0.4) is 0 Å². The molecule has 0 N–H and O–H groups in total. The molecule has 2 aromatic heterocycles. The number of nitrogens with zero attached hydrogens (tertiary/aromatic N) is 5. The molecule has 4 aromatic rings. The molecule has 0 spiro atoms. The first-order chi connectivity index (χ1) is 17.1. The van der Waals surface area contributed by atoms with Gasteiger partial charge in [0.1, 0.15) is 0 Å². The number of piperazine rings is 1. The molecule has 1 aliphatic heterocycles. The van der Waals surface area contributed by atoms with Crippen LogP contribution in [0.1, 0.15) is 12.5 Å². The van der Waals surface area contributed by atoms with E-state index in [1.165, 1.54) is 17.4 Å². The standard InChI is InChI=1S/C27H27N5O2S/c1-20(25(33)31-16-14-30(15-17-31)22-9-3-2-4-10-22)35-27-29-24-12-6-5-11-23(24)26(34)32(27)19-21-8-7-13-28-18-21/h2-13,18,20H,14-17,19H2,1H3. The van der Waals surface area contributed by atoms with Gasteiger partial charge < -0.3 is 9.80 Å². The maximum Gasteiger partial charge on any atom is 0.262 e. The SMILES string of the molecule is CC(Sc1nc2ccccc2c(=O)n1Cc1cccnc1)C(=O)N1CCN(c2ccccc2)CC1. The van der Waals surface area contributed by atoms with Gasteiger partial charge in [0.2, 0.25) is 5.91 Å². The summed E-state index contributed by atoms with van der Waals surface area (Å²) in [6.07, 6.45) is 3.45. The van der Waals surface area contributed by atoms with Crippen molar-refractivity contribution < 1.29 is 4.79 Å². The Bertz CT molecular complexity index is 1370. The Kier molecular flexibility index (Phi) is 6.81. The van der Waals surface area contributed by atoms with Crippen LogP contribution in [0.15, 0.2) is 89.1 Å². The fourth-order valence-electron chi connectivity index (χ4n) is 4.34. The topological polar surface area (TPSA) is 71.3 Å². The van der Waals surface area contributed by atoms with Crippen molar-refractivity contribution in [3.05, 3.63) is 95.0 Å². The van der Waals surface area contributed by atoms with E-state index in [0.29, 0.717) is 35.7 Å². The van der Waals surface area contributed by atoms with Crippen LogP contribution < -0.4 is 10.5 Å². The number of benzene rings is 2. The third-order valence-corrected chi connectivity index (χ3v) is 7.31. The number of hydrogen-bond acceptors (Lipinski definition) is 6. The number of rotatable bonds is 6. The summed E-state index contributed by atoms with van der Waals surface area (Å²) in [4.78, 5) is 39.9. The summed E-state index contributed by atoms with van der Waals surface area (Å²) >= 11 is 1.34. The number of aromatic nitrogens is 3. The van der Waals surface area contributed by atoms with Gasteiger partial charge in [-0.25, -0.2) is 4.98 Å². The highest BCUT2D eigenvalue weighted by Crippen LogP contribution is 2.25. The van der Waals surface area contributed by atoms with Gasteiger partial charge in [0.15, 0.2) is 5.16 Å². The first-order valence-electron chi connectivity index (χ1n) is 11.7. The Morgan fingerprint density at radius 2 is 1.71 bits per heavy atom. The minimum atomic E-state index is -0.369. The van der Waals surface area contributed by atoms with Crippen LogP contribution in [0.4, 0.5) is 5.69 Å². The van der Waals surface area contributed by atoms with Crippen LogP contribution in [0, 0.1) is 0 Å². The molecule has 0 aliphatic carbocycles. The van der Waals surface area contributed by atoms with Gasteiger partial charge in [-0.2, -0.15) is 0 Å². The molecule has 1 saturated heterocycles. The number of thioether (sulfide) groups is 1. The molecule has 8 heteroatoms. The third kappa shape index (κ3) is 5.07. The first-order valence-corrected chi connectivity index (χ1v) is 12.6. The van der Waals surface area contributed by atoms with Gasteiger partial charge in [0.25, 0.3) is 5.56 Å². The van der Waals surface area contributed by atoms with Gasteiger partial charge in [-0.1, -0.05) is 48.2 Å². The predicted molar refractivity (Wildman–Crippen MR) is 140 cm³/mol. The zero-order valence-electron chi connectivity index (χ0n) is 19.6. The van der Waals surface area contributed by atoms with Crippen LogP contribution in [0.5, 0.6) is 0 Å². The molecule has 7 nitrogen and oxygen atoms in total. The van der Waals surface area contributed by atoms with Crippen molar-refractivity contribution in [3.63, 3.8) is 0 Å². The highest BCUT2D eigenvalue weighted by molar-refractivity contribution is 8.00. The Morgan fingerprint density at radius 3 is 2.46 bits per heavy atom. The minimum Gasteiger partial charge on any atom is -0.368 e. The maximum absolute atomic E-state index is 13.4. The molecule has 35 heavy (non-hydrogen) atoms. The Morgan fingerprint density at radius 1 is 0.971 bits per heavy atom. The fraction of sp³-hybridized carbons (Fsp3) is 0.259. The van der Waals surface area contributed by atoms with E-state index in [9.17, 15) is 9.59 Å². The van der Waals surface area contributed by atoms with Crippen molar-refractivity contribution in [2.45, 2.75) is 23.9 Å². The molecule has 1 unspecified atom stereocenters. The summed E-state index contributed by atoms with van der Waals surface area (Å²) < 4.78 is 1.65. The highest BCUT2D eigenvalue weighted by atomic mass is 32.2. The van der Waals surface area contributed by atoms with E-state index in [1.54, 1.807) is 23.0 Å². The number of pyridine rings is 1. The average molecular weight is 486 g/mol. The van der Waals surface area contributed by atoms with Crippen LogP contribution in [0.2, 0.25) is 0 Å². The molecule has 0 bridgehead atoms. The number of carbonyl (C=O) groups excluding carboxylic acids is 1. The number of amides is 1. The lowest BCUT2D eigenvalue weighted by Gasteiger charge is -2.37. The number of anilines is 1. The number of fused-ring (bicyclic) bond motifs is 1. The summed E-state index contributed by atoms with van der Waals surface area (Å²) in [5.74, 6) is 0.0676. The van der Waals surface area contributed by atoms with Crippen LogP contribution in [-0.2, 0) is 11.3 Å². The van der Waals surface area contributed by atoms with Crippen molar-refractivity contribution in [1.29, 1.82) is 0 Å². The normalized spacial score (nSPS) is 14.8. The summed E-state index contributed by atoms with van der Waals surface area (Å²) in [5, 5.41) is 0.740. The molecule has 5 rings (SSSR count).